The Bertz CT molecular complexity index is 1090. The number of hydrogen-bond donors (Lipinski definition) is 0. The van der Waals surface area contributed by atoms with Gasteiger partial charge >= 0.3 is 0 Å². The summed E-state index contributed by atoms with van der Waals surface area (Å²) in [5.74, 6) is -0.380. The molecule has 1 saturated heterocycles. The lowest BCUT2D eigenvalue weighted by Gasteiger charge is -2.35. The molecule has 0 unspecified atom stereocenters. The van der Waals surface area contributed by atoms with Crippen LogP contribution >= 0.6 is 0 Å². The quantitative estimate of drug-likeness (QED) is 0.587. The Kier molecular flexibility index (Phi) is 6.44. The summed E-state index contributed by atoms with van der Waals surface area (Å²) in [6, 6.07) is 12.5. The van der Waals surface area contributed by atoms with Crippen molar-refractivity contribution in [3.05, 3.63) is 66.5 Å². The van der Waals surface area contributed by atoms with Crippen molar-refractivity contribution in [1.82, 2.24) is 14.9 Å². The van der Waals surface area contributed by atoms with Gasteiger partial charge in [0.2, 0.25) is 0 Å². The fourth-order valence-electron chi connectivity index (χ4n) is 3.45. The Morgan fingerprint density at radius 1 is 1.00 bits per heavy atom. The highest BCUT2D eigenvalue weighted by molar-refractivity contribution is 5.78. The van der Waals surface area contributed by atoms with Crippen LogP contribution in [0, 0.1) is 11.6 Å². The predicted molar refractivity (Wildman–Crippen MR) is 115 cm³/mol. The average molecular weight is 440 g/mol. The molecule has 1 aliphatic heterocycles. The number of nitrogens with zero attached hydrogens (tertiary/aromatic N) is 4. The molecule has 166 valence electrons. The van der Waals surface area contributed by atoms with E-state index in [1.54, 1.807) is 12.0 Å². The average Bonchev–Trinajstić information content (AvgIpc) is 2.83. The van der Waals surface area contributed by atoms with Crippen molar-refractivity contribution in [1.29, 1.82) is 0 Å². The first-order chi connectivity index (χ1) is 15.5. The van der Waals surface area contributed by atoms with Gasteiger partial charge in [0.05, 0.1) is 12.8 Å². The number of anilines is 1. The number of amides is 1. The second-order valence-electron chi connectivity index (χ2n) is 7.22. The molecule has 1 aromatic heterocycles. The van der Waals surface area contributed by atoms with Crippen LogP contribution in [-0.2, 0) is 4.79 Å². The highest BCUT2D eigenvalue weighted by Gasteiger charge is 2.23. The van der Waals surface area contributed by atoms with Gasteiger partial charge in [-0.3, -0.25) is 4.79 Å². The van der Waals surface area contributed by atoms with E-state index in [-0.39, 0.29) is 18.3 Å². The van der Waals surface area contributed by atoms with Crippen molar-refractivity contribution in [3.63, 3.8) is 0 Å². The maximum Gasteiger partial charge on any atom is 0.260 e. The molecular formula is C23H22F2N4O3. The highest BCUT2D eigenvalue weighted by Crippen LogP contribution is 2.24. The Morgan fingerprint density at radius 2 is 1.75 bits per heavy atom. The summed E-state index contributed by atoms with van der Waals surface area (Å²) in [5, 5.41) is 0. The molecule has 0 saturated carbocycles. The van der Waals surface area contributed by atoms with E-state index >= 15 is 0 Å². The molecule has 9 heteroatoms. The zero-order chi connectivity index (χ0) is 22.5. The van der Waals surface area contributed by atoms with E-state index in [0.717, 1.165) is 35.0 Å². The third-order valence-corrected chi connectivity index (χ3v) is 5.24. The Labute approximate surface area is 184 Å². The van der Waals surface area contributed by atoms with Gasteiger partial charge in [-0.15, -0.1) is 0 Å². The minimum atomic E-state index is -0.834. The monoisotopic (exact) mass is 440 g/mol. The maximum atomic E-state index is 13.7. The third kappa shape index (κ3) is 4.93. The molecule has 2 aromatic carbocycles. The highest BCUT2D eigenvalue weighted by atomic mass is 19.1. The molecule has 0 bridgehead atoms. The van der Waals surface area contributed by atoms with E-state index in [9.17, 15) is 13.6 Å². The van der Waals surface area contributed by atoms with E-state index < -0.39 is 11.6 Å². The molecule has 0 radical (unpaired) electrons. The van der Waals surface area contributed by atoms with Crippen molar-refractivity contribution in [2.75, 3.05) is 44.8 Å². The van der Waals surface area contributed by atoms with E-state index in [2.05, 4.69) is 14.9 Å². The molecule has 2 heterocycles. The second kappa shape index (κ2) is 9.59. The first-order valence-electron chi connectivity index (χ1n) is 10.1. The van der Waals surface area contributed by atoms with Crippen LogP contribution in [0.15, 0.2) is 54.9 Å². The van der Waals surface area contributed by atoms with Crippen LogP contribution in [0.25, 0.3) is 11.3 Å². The van der Waals surface area contributed by atoms with Gasteiger partial charge in [-0.1, -0.05) is 0 Å². The number of carbonyl (C=O) groups is 1. The number of aromatic nitrogens is 2. The van der Waals surface area contributed by atoms with Crippen LogP contribution in [0.3, 0.4) is 0 Å². The maximum absolute atomic E-state index is 13.7. The van der Waals surface area contributed by atoms with Gasteiger partial charge in [-0.25, -0.2) is 18.7 Å². The molecule has 32 heavy (non-hydrogen) atoms. The van der Waals surface area contributed by atoms with Gasteiger partial charge < -0.3 is 19.3 Å². The Hall–Kier alpha value is -3.75. The minimum Gasteiger partial charge on any atom is -0.497 e. The SMILES string of the molecule is COc1ccc(-c2cc(N3CCN(C(=O)COc4ccc(F)cc4F)CC3)ncn2)cc1. The molecule has 7 nitrogen and oxygen atoms in total. The van der Waals surface area contributed by atoms with Crippen molar-refractivity contribution in [2.45, 2.75) is 0 Å². The van der Waals surface area contributed by atoms with Gasteiger partial charge in [0.1, 0.15) is 23.7 Å². The van der Waals surface area contributed by atoms with E-state index in [1.807, 2.05) is 30.3 Å². The van der Waals surface area contributed by atoms with Crippen LogP contribution in [-0.4, -0.2) is 60.7 Å². The minimum absolute atomic E-state index is 0.148. The zero-order valence-electron chi connectivity index (χ0n) is 17.5. The number of hydrogen-bond acceptors (Lipinski definition) is 6. The van der Waals surface area contributed by atoms with Gasteiger partial charge in [-0.2, -0.15) is 0 Å². The summed E-state index contributed by atoms with van der Waals surface area (Å²) in [7, 11) is 1.62. The van der Waals surface area contributed by atoms with E-state index in [0.29, 0.717) is 26.2 Å². The molecule has 1 aliphatic rings. The molecule has 0 atom stereocenters. The van der Waals surface area contributed by atoms with Gasteiger partial charge in [0.25, 0.3) is 5.91 Å². The smallest absolute Gasteiger partial charge is 0.260 e. The third-order valence-electron chi connectivity index (χ3n) is 5.24. The number of benzene rings is 2. The number of ether oxygens (including phenoxy) is 2. The molecule has 0 aliphatic carbocycles. The van der Waals surface area contributed by atoms with Crippen molar-refractivity contribution >= 4 is 11.7 Å². The van der Waals surface area contributed by atoms with Crippen molar-refractivity contribution in [2.24, 2.45) is 0 Å². The number of carbonyl (C=O) groups excluding carboxylic acids is 1. The summed E-state index contributed by atoms with van der Waals surface area (Å²) in [4.78, 5) is 24.9. The molecule has 1 fully saturated rings. The molecule has 1 amide bonds. The first kappa shape index (κ1) is 21.5. The lowest BCUT2D eigenvalue weighted by Crippen LogP contribution is -2.50. The van der Waals surface area contributed by atoms with E-state index in [1.165, 1.54) is 12.4 Å². The van der Waals surface area contributed by atoms with Gasteiger partial charge in [-0.05, 0) is 36.4 Å². The topological polar surface area (TPSA) is 67.8 Å². The number of halogens is 2. The lowest BCUT2D eigenvalue weighted by atomic mass is 10.1. The largest absolute Gasteiger partial charge is 0.497 e. The summed E-state index contributed by atoms with van der Waals surface area (Å²) in [6.45, 7) is 1.84. The molecular weight excluding hydrogens is 418 g/mol. The number of methoxy groups -OCH3 is 1. The van der Waals surface area contributed by atoms with Gasteiger partial charge in [0, 0.05) is 43.9 Å². The number of rotatable bonds is 6. The van der Waals surface area contributed by atoms with Crippen LogP contribution in [0.2, 0.25) is 0 Å². The molecule has 4 rings (SSSR count). The van der Waals surface area contributed by atoms with Crippen LogP contribution < -0.4 is 14.4 Å². The molecule has 3 aromatic rings. The first-order valence-corrected chi connectivity index (χ1v) is 10.1. The Morgan fingerprint density at radius 3 is 2.44 bits per heavy atom. The van der Waals surface area contributed by atoms with Crippen LogP contribution in [0.4, 0.5) is 14.6 Å². The van der Waals surface area contributed by atoms with E-state index in [4.69, 9.17) is 9.47 Å². The lowest BCUT2D eigenvalue weighted by molar-refractivity contribution is -0.133. The normalized spacial score (nSPS) is 13.7. The second-order valence-corrected chi connectivity index (χ2v) is 7.22. The zero-order valence-corrected chi connectivity index (χ0v) is 17.5. The van der Waals surface area contributed by atoms with Crippen molar-refractivity contribution < 1.29 is 23.0 Å². The molecule has 0 N–H and O–H groups in total. The van der Waals surface area contributed by atoms with Crippen molar-refractivity contribution in [3.8, 4) is 22.8 Å². The standard InChI is InChI=1S/C23H22F2N4O3/c1-31-18-5-2-16(3-6-18)20-13-22(27-15-26-20)28-8-10-29(11-9-28)23(30)14-32-21-7-4-17(24)12-19(21)25/h2-7,12-13,15H,8-11,14H2,1H3. The fourth-order valence-corrected chi connectivity index (χ4v) is 3.45. The summed E-state index contributed by atoms with van der Waals surface area (Å²) in [6.07, 6.45) is 1.53. The number of piperazine rings is 1. The Balaban J connectivity index is 1.33. The molecule has 0 spiro atoms. The summed E-state index contributed by atoms with van der Waals surface area (Å²) >= 11 is 0. The van der Waals surface area contributed by atoms with Crippen LogP contribution in [0.1, 0.15) is 0 Å². The van der Waals surface area contributed by atoms with Crippen LogP contribution in [0.5, 0.6) is 11.5 Å². The predicted octanol–water partition coefficient (Wildman–Crippen LogP) is 3.16. The fraction of sp³-hybridized carbons (Fsp3) is 0.261. The summed E-state index contributed by atoms with van der Waals surface area (Å²) < 4.78 is 37.1. The summed E-state index contributed by atoms with van der Waals surface area (Å²) in [5.41, 5.74) is 1.75. The van der Waals surface area contributed by atoms with Gasteiger partial charge in [0.15, 0.2) is 18.2 Å².